The van der Waals surface area contributed by atoms with Crippen LogP contribution in [0.15, 0.2) is 90.5 Å². The van der Waals surface area contributed by atoms with Crippen LogP contribution in [-0.2, 0) is 4.79 Å². The number of benzene rings is 3. The Hall–Kier alpha value is -3.30. The van der Waals surface area contributed by atoms with Crippen LogP contribution >= 0.6 is 11.6 Å². The van der Waals surface area contributed by atoms with E-state index in [4.69, 9.17) is 16.3 Å². The topological polar surface area (TPSA) is 29.5 Å². The molecule has 0 bridgehead atoms. The lowest BCUT2D eigenvalue weighted by molar-refractivity contribution is -0.113. The molecule has 138 valence electrons. The lowest BCUT2D eigenvalue weighted by Gasteiger charge is -2.21. The lowest BCUT2D eigenvalue weighted by Crippen LogP contribution is -2.24. The molecule has 0 fully saturated rings. The number of rotatable bonds is 4. The highest BCUT2D eigenvalue weighted by Gasteiger charge is 2.30. The lowest BCUT2D eigenvalue weighted by atomic mass is 10.1. The summed E-state index contributed by atoms with van der Waals surface area (Å²) in [6.07, 6.45) is 3.81. The Kier molecular flexibility index (Phi) is 5.00. The molecule has 4 rings (SSSR count). The minimum atomic E-state index is -0.0704. The van der Waals surface area contributed by atoms with E-state index in [0.29, 0.717) is 10.6 Å². The molecule has 0 N–H and O–H groups in total. The molecule has 0 unspecified atom stereocenters. The maximum Gasteiger partial charge on any atom is 0.262 e. The third kappa shape index (κ3) is 3.57. The summed E-state index contributed by atoms with van der Waals surface area (Å²) in [5, 5.41) is 0.667. The quantitative estimate of drug-likeness (QED) is 0.528. The zero-order valence-corrected chi connectivity index (χ0v) is 16.1. The third-order valence-corrected chi connectivity index (χ3v) is 4.83. The fourth-order valence-corrected chi connectivity index (χ4v) is 3.29. The van der Waals surface area contributed by atoms with Gasteiger partial charge in [-0.1, -0.05) is 54.1 Å². The molecule has 1 amide bonds. The smallest absolute Gasteiger partial charge is 0.262 e. The minimum absolute atomic E-state index is 0.0704. The maximum atomic E-state index is 13.3. The van der Waals surface area contributed by atoms with Crippen molar-refractivity contribution >= 4 is 35.0 Å². The molecule has 0 aromatic heterocycles. The zero-order valence-electron chi connectivity index (χ0n) is 15.3. The number of halogens is 1. The summed E-state index contributed by atoms with van der Waals surface area (Å²) >= 11 is 5.97. The molecule has 28 heavy (non-hydrogen) atoms. The largest absolute Gasteiger partial charge is 0.497 e. The summed E-state index contributed by atoms with van der Waals surface area (Å²) in [5.74, 6) is 0.677. The van der Waals surface area contributed by atoms with Gasteiger partial charge in [-0.05, 0) is 59.7 Å². The number of hydrogen-bond acceptors (Lipinski definition) is 2. The van der Waals surface area contributed by atoms with Crippen molar-refractivity contribution in [3.63, 3.8) is 0 Å². The van der Waals surface area contributed by atoms with Crippen LogP contribution < -0.4 is 9.64 Å². The van der Waals surface area contributed by atoms with Crippen molar-refractivity contribution in [1.82, 2.24) is 0 Å². The van der Waals surface area contributed by atoms with Crippen LogP contribution in [-0.4, -0.2) is 13.0 Å². The highest BCUT2D eigenvalue weighted by Crippen LogP contribution is 2.35. The number of amides is 1. The number of nitrogens with zero attached hydrogens (tertiary/aromatic N) is 1. The summed E-state index contributed by atoms with van der Waals surface area (Å²) < 4.78 is 5.24. The van der Waals surface area contributed by atoms with Crippen molar-refractivity contribution in [2.24, 2.45) is 0 Å². The van der Waals surface area contributed by atoms with Gasteiger partial charge in [0.25, 0.3) is 5.91 Å². The number of anilines is 1. The van der Waals surface area contributed by atoms with Gasteiger partial charge in [0.05, 0.1) is 12.8 Å². The average Bonchev–Trinajstić information content (AvgIpc) is 3.06. The van der Waals surface area contributed by atoms with Gasteiger partial charge in [0, 0.05) is 16.3 Å². The van der Waals surface area contributed by atoms with Gasteiger partial charge in [0.1, 0.15) is 5.75 Å². The molecule has 4 heteroatoms. The first-order chi connectivity index (χ1) is 13.7. The Morgan fingerprint density at radius 1 is 0.893 bits per heavy atom. The van der Waals surface area contributed by atoms with Crippen LogP contribution in [0.2, 0.25) is 5.02 Å². The van der Waals surface area contributed by atoms with Gasteiger partial charge in [0.2, 0.25) is 0 Å². The van der Waals surface area contributed by atoms with Crippen LogP contribution in [0.3, 0.4) is 0 Å². The second-order valence-electron chi connectivity index (χ2n) is 6.39. The molecule has 0 radical (unpaired) electrons. The monoisotopic (exact) mass is 387 g/mol. The molecule has 0 saturated heterocycles. The van der Waals surface area contributed by atoms with Crippen LogP contribution in [0.5, 0.6) is 5.75 Å². The molecule has 3 aromatic rings. The van der Waals surface area contributed by atoms with Crippen LogP contribution in [0.25, 0.3) is 11.8 Å². The number of hydrogen-bond donors (Lipinski definition) is 0. The second-order valence-corrected chi connectivity index (χ2v) is 6.82. The predicted octanol–water partition coefficient (Wildman–Crippen LogP) is 5.82. The summed E-state index contributed by atoms with van der Waals surface area (Å²) in [6, 6.07) is 24.8. The average molecular weight is 388 g/mol. The van der Waals surface area contributed by atoms with Crippen molar-refractivity contribution in [2.45, 2.75) is 0 Å². The molecule has 0 saturated carbocycles. The molecule has 0 aliphatic carbocycles. The minimum Gasteiger partial charge on any atom is -0.497 e. The first-order valence-electron chi connectivity index (χ1n) is 8.88. The SMILES string of the molecule is COc1ccc(N2C(=O)C(=Cc3ccc(Cl)cc3)C=C2c2ccccc2)cc1. The van der Waals surface area contributed by atoms with E-state index >= 15 is 0 Å². The van der Waals surface area contributed by atoms with Crippen molar-refractivity contribution in [1.29, 1.82) is 0 Å². The molecule has 1 aliphatic heterocycles. The summed E-state index contributed by atoms with van der Waals surface area (Å²) in [7, 11) is 1.62. The number of ether oxygens (including phenoxy) is 1. The van der Waals surface area contributed by atoms with Crippen LogP contribution in [0.1, 0.15) is 11.1 Å². The Morgan fingerprint density at radius 2 is 1.57 bits per heavy atom. The van der Waals surface area contributed by atoms with Gasteiger partial charge in [-0.25, -0.2) is 0 Å². The van der Waals surface area contributed by atoms with E-state index in [1.165, 1.54) is 0 Å². The number of carbonyl (C=O) groups is 1. The fraction of sp³-hybridized carbons (Fsp3) is 0.0417. The Balaban J connectivity index is 1.79. The zero-order chi connectivity index (χ0) is 19.5. The molecule has 3 aromatic carbocycles. The molecule has 3 nitrogen and oxygen atoms in total. The molecular formula is C24H18ClNO2. The molecule has 1 aliphatic rings. The summed E-state index contributed by atoms with van der Waals surface area (Å²) in [4.78, 5) is 15.0. The molecular weight excluding hydrogens is 370 g/mol. The van der Waals surface area contributed by atoms with Crippen molar-refractivity contribution in [2.75, 3.05) is 12.0 Å². The van der Waals surface area contributed by atoms with E-state index in [-0.39, 0.29) is 5.91 Å². The summed E-state index contributed by atoms with van der Waals surface area (Å²) in [5.41, 5.74) is 4.16. The van der Waals surface area contributed by atoms with Gasteiger partial charge in [-0.3, -0.25) is 9.69 Å². The normalized spacial score (nSPS) is 15.1. The van der Waals surface area contributed by atoms with E-state index in [9.17, 15) is 4.79 Å². The standard InChI is InChI=1S/C24H18ClNO2/c1-28-22-13-11-21(12-14-22)26-23(18-5-3-2-4-6-18)16-19(24(26)27)15-17-7-9-20(25)10-8-17/h2-16H,1H3. The van der Waals surface area contributed by atoms with Gasteiger partial charge >= 0.3 is 0 Å². The van der Waals surface area contributed by atoms with Crippen molar-refractivity contribution in [3.05, 3.63) is 107 Å². The first-order valence-corrected chi connectivity index (χ1v) is 9.26. The van der Waals surface area contributed by atoms with Crippen LogP contribution in [0, 0.1) is 0 Å². The summed E-state index contributed by atoms with van der Waals surface area (Å²) in [6.45, 7) is 0. The first kappa shape index (κ1) is 18.1. The highest BCUT2D eigenvalue weighted by atomic mass is 35.5. The van der Waals surface area contributed by atoms with Crippen molar-refractivity contribution in [3.8, 4) is 5.75 Å². The van der Waals surface area contributed by atoms with E-state index in [2.05, 4.69) is 0 Å². The maximum absolute atomic E-state index is 13.3. The van der Waals surface area contributed by atoms with Gasteiger partial charge in [-0.2, -0.15) is 0 Å². The Bertz CT molecular complexity index is 1050. The van der Waals surface area contributed by atoms with E-state index in [0.717, 1.165) is 28.3 Å². The molecule has 0 spiro atoms. The second kappa shape index (κ2) is 7.75. The number of carbonyl (C=O) groups excluding carboxylic acids is 1. The Morgan fingerprint density at radius 3 is 2.21 bits per heavy atom. The predicted molar refractivity (Wildman–Crippen MR) is 114 cm³/mol. The third-order valence-electron chi connectivity index (χ3n) is 4.58. The van der Waals surface area contributed by atoms with Gasteiger partial charge in [0.15, 0.2) is 0 Å². The van der Waals surface area contributed by atoms with E-state index < -0.39 is 0 Å². The molecule has 1 heterocycles. The van der Waals surface area contributed by atoms with Gasteiger partial charge in [-0.15, -0.1) is 0 Å². The van der Waals surface area contributed by atoms with Gasteiger partial charge < -0.3 is 4.74 Å². The number of methoxy groups -OCH3 is 1. The highest BCUT2D eigenvalue weighted by molar-refractivity contribution is 6.30. The molecule has 0 atom stereocenters. The van der Waals surface area contributed by atoms with Crippen molar-refractivity contribution < 1.29 is 9.53 Å². The van der Waals surface area contributed by atoms with E-state index in [1.54, 1.807) is 12.0 Å². The fourth-order valence-electron chi connectivity index (χ4n) is 3.16. The Labute approximate surface area is 169 Å². The van der Waals surface area contributed by atoms with Crippen LogP contribution in [0.4, 0.5) is 5.69 Å². The van der Waals surface area contributed by atoms with E-state index in [1.807, 2.05) is 91.0 Å².